The zero-order chi connectivity index (χ0) is 16.3. The molecule has 0 spiro atoms. The van der Waals surface area contributed by atoms with Crippen LogP contribution in [0.4, 0.5) is 0 Å². The summed E-state index contributed by atoms with van der Waals surface area (Å²) in [6, 6.07) is 9.22. The van der Waals surface area contributed by atoms with Crippen LogP contribution in [-0.2, 0) is 15.1 Å². The first-order valence-electron chi connectivity index (χ1n) is 8.42. The molecular weight excluding hydrogens is 290 g/mol. The van der Waals surface area contributed by atoms with E-state index in [1.54, 1.807) is 0 Å². The van der Waals surface area contributed by atoms with E-state index in [1.807, 2.05) is 30.3 Å². The summed E-state index contributed by atoms with van der Waals surface area (Å²) in [5.41, 5.74) is 0.276. The number of likely N-dealkylation sites (N-methyl/N-ethyl adjacent to an activating group) is 1. The first-order valence-corrected chi connectivity index (χ1v) is 8.42. The van der Waals surface area contributed by atoms with Crippen molar-refractivity contribution in [2.24, 2.45) is 5.92 Å². The van der Waals surface area contributed by atoms with Gasteiger partial charge in [-0.1, -0.05) is 42.8 Å². The molecule has 3 rings (SSSR count). The highest BCUT2D eigenvalue weighted by Gasteiger charge is 2.49. The Morgan fingerprint density at radius 1 is 1.35 bits per heavy atom. The van der Waals surface area contributed by atoms with E-state index >= 15 is 0 Å². The van der Waals surface area contributed by atoms with Gasteiger partial charge in [-0.05, 0) is 37.4 Å². The molecule has 0 aromatic heterocycles. The number of hydrogen-bond acceptors (Lipinski definition) is 4. The summed E-state index contributed by atoms with van der Waals surface area (Å²) >= 11 is 0. The van der Waals surface area contributed by atoms with E-state index in [-0.39, 0.29) is 12.5 Å². The van der Waals surface area contributed by atoms with Gasteiger partial charge in [0.05, 0.1) is 0 Å². The van der Waals surface area contributed by atoms with Crippen molar-refractivity contribution in [1.29, 1.82) is 0 Å². The van der Waals surface area contributed by atoms with Gasteiger partial charge in [-0.2, -0.15) is 0 Å². The second-order valence-electron chi connectivity index (χ2n) is 6.71. The van der Waals surface area contributed by atoms with Gasteiger partial charge in [-0.15, -0.1) is 0 Å². The molecule has 0 bridgehead atoms. The molecule has 4 heteroatoms. The van der Waals surface area contributed by atoms with Gasteiger partial charge in [-0.25, -0.2) is 4.79 Å². The predicted molar refractivity (Wildman–Crippen MR) is 88.8 cm³/mol. The van der Waals surface area contributed by atoms with E-state index < -0.39 is 11.6 Å². The van der Waals surface area contributed by atoms with Crippen molar-refractivity contribution in [3.8, 4) is 0 Å². The third kappa shape index (κ3) is 3.33. The van der Waals surface area contributed by atoms with Crippen LogP contribution in [0.25, 0.3) is 0 Å². The summed E-state index contributed by atoms with van der Waals surface area (Å²) in [4.78, 5) is 14.9. The Hall–Kier alpha value is -1.65. The number of rotatable bonds is 5. The third-order valence-electron chi connectivity index (χ3n) is 5.12. The van der Waals surface area contributed by atoms with E-state index in [0.29, 0.717) is 5.56 Å². The van der Waals surface area contributed by atoms with Crippen LogP contribution in [0.3, 0.4) is 0 Å². The number of aliphatic hydroxyl groups is 1. The maximum Gasteiger partial charge on any atom is 0.343 e. The van der Waals surface area contributed by atoms with Crippen LogP contribution in [0, 0.1) is 5.92 Å². The fraction of sp³-hybridized carbons (Fsp3) is 0.526. The van der Waals surface area contributed by atoms with Crippen molar-refractivity contribution in [1.82, 2.24) is 4.90 Å². The maximum atomic E-state index is 12.7. The van der Waals surface area contributed by atoms with Gasteiger partial charge in [0.2, 0.25) is 0 Å². The molecule has 23 heavy (non-hydrogen) atoms. The normalized spacial score (nSPS) is 21.9. The van der Waals surface area contributed by atoms with Crippen molar-refractivity contribution in [2.75, 3.05) is 26.7 Å². The lowest BCUT2D eigenvalue weighted by Crippen LogP contribution is -2.47. The van der Waals surface area contributed by atoms with Gasteiger partial charge < -0.3 is 14.7 Å². The molecule has 2 aliphatic rings. The molecule has 1 aliphatic carbocycles. The molecule has 1 heterocycles. The fourth-order valence-corrected chi connectivity index (χ4v) is 3.25. The molecule has 1 unspecified atom stereocenters. The highest BCUT2D eigenvalue weighted by molar-refractivity contribution is 5.81. The Bertz CT molecular complexity index is 580. The van der Waals surface area contributed by atoms with E-state index in [0.717, 1.165) is 44.3 Å². The first kappa shape index (κ1) is 16.2. The zero-order valence-corrected chi connectivity index (χ0v) is 13.7. The number of esters is 1. The van der Waals surface area contributed by atoms with Crippen LogP contribution in [-0.4, -0.2) is 42.7 Å². The molecule has 0 radical (unpaired) electrons. The van der Waals surface area contributed by atoms with E-state index in [1.165, 1.54) is 0 Å². The summed E-state index contributed by atoms with van der Waals surface area (Å²) in [7, 11) is 2.07. The summed E-state index contributed by atoms with van der Waals surface area (Å²) in [6.45, 7) is 2.15. The van der Waals surface area contributed by atoms with E-state index in [2.05, 4.69) is 18.0 Å². The summed E-state index contributed by atoms with van der Waals surface area (Å²) in [5, 5.41) is 11.1. The second-order valence-corrected chi connectivity index (χ2v) is 6.71. The minimum atomic E-state index is -1.51. The molecule has 4 nitrogen and oxygen atoms in total. The van der Waals surface area contributed by atoms with Crippen molar-refractivity contribution >= 4 is 5.97 Å². The van der Waals surface area contributed by atoms with Gasteiger partial charge in [0.1, 0.15) is 6.61 Å². The standard InChI is InChI=1S/C19H25NO3/c1-20-12-10-15(11-13-20)14-23-18(21)19(22,17-8-5-9-17)16-6-3-2-4-7-16/h2-4,6-7,10,17,22H,5,8-9,11-14H2,1H3. The van der Waals surface area contributed by atoms with Gasteiger partial charge in [-0.3, -0.25) is 0 Å². The average molecular weight is 315 g/mol. The Kier molecular flexibility index (Phi) is 4.83. The molecule has 1 aliphatic heterocycles. The van der Waals surface area contributed by atoms with Crippen molar-refractivity contribution in [2.45, 2.75) is 31.3 Å². The van der Waals surface area contributed by atoms with Crippen LogP contribution in [0.2, 0.25) is 0 Å². The lowest BCUT2D eigenvalue weighted by atomic mass is 9.69. The number of carbonyl (C=O) groups is 1. The lowest BCUT2D eigenvalue weighted by molar-refractivity contribution is -0.177. The number of benzene rings is 1. The molecule has 1 aromatic rings. The largest absolute Gasteiger partial charge is 0.459 e. The van der Waals surface area contributed by atoms with Crippen LogP contribution in [0.1, 0.15) is 31.2 Å². The molecule has 1 aromatic carbocycles. The smallest absolute Gasteiger partial charge is 0.343 e. The highest BCUT2D eigenvalue weighted by atomic mass is 16.5. The van der Waals surface area contributed by atoms with Gasteiger partial charge in [0, 0.05) is 19.0 Å². The Labute approximate surface area is 137 Å². The zero-order valence-electron chi connectivity index (χ0n) is 13.7. The number of ether oxygens (including phenoxy) is 1. The molecule has 1 atom stereocenters. The van der Waals surface area contributed by atoms with Crippen LogP contribution < -0.4 is 0 Å². The second kappa shape index (κ2) is 6.85. The van der Waals surface area contributed by atoms with E-state index in [9.17, 15) is 9.90 Å². The fourth-order valence-electron chi connectivity index (χ4n) is 3.25. The molecule has 1 fully saturated rings. The van der Waals surface area contributed by atoms with Gasteiger partial charge >= 0.3 is 5.97 Å². The Balaban J connectivity index is 1.71. The quantitative estimate of drug-likeness (QED) is 0.670. The highest BCUT2D eigenvalue weighted by Crippen LogP contribution is 2.43. The third-order valence-corrected chi connectivity index (χ3v) is 5.12. The van der Waals surface area contributed by atoms with Gasteiger partial charge in [0.15, 0.2) is 5.60 Å². The van der Waals surface area contributed by atoms with Gasteiger partial charge in [0.25, 0.3) is 0 Å². The minimum absolute atomic E-state index is 0.0381. The molecule has 1 saturated carbocycles. The Morgan fingerprint density at radius 2 is 2.09 bits per heavy atom. The lowest BCUT2D eigenvalue weighted by Gasteiger charge is -2.39. The van der Waals surface area contributed by atoms with Crippen molar-refractivity contribution in [3.63, 3.8) is 0 Å². The summed E-state index contributed by atoms with van der Waals surface area (Å²) in [6.07, 6.45) is 5.82. The SMILES string of the molecule is CN1CC=C(COC(=O)C(O)(c2ccccc2)C2CCC2)CC1. The number of hydrogen-bond donors (Lipinski definition) is 1. The maximum absolute atomic E-state index is 12.7. The topological polar surface area (TPSA) is 49.8 Å². The van der Waals surface area contributed by atoms with Crippen LogP contribution in [0.5, 0.6) is 0 Å². The Morgan fingerprint density at radius 3 is 2.65 bits per heavy atom. The predicted octanol–water partition coefficient (Wildman–Crippen LogP) is 2.48. The summed E-state index contributed by atoms with van der Waals surface area (Å²) in [5.74, 6) is -0.544. The molecule has 124 valence electrons. The molecule has 0 saturated heterocycles. The van der Waals surface area contributed by atoms with Crippen molar-refractivity contribution in [3.05, 3.63) is 47.5 Å². The first-order chi connectivity index (χ1) is 11.1. The minimum Gasteiger partial charge on any atom is -0.459 e. The van der Waals surface area contributed by atoms with Crippen LogP contribution in [0.15, 0.2) is 42.0 Å². The average Bonchev–Trinajstić information content (AvgIpc) is 2.53. The number of carbonyl (C=O) groups excluding carboxylic acids is 1. The van der Waals surface area contributed by atoms with E-state index in [4.69, 9.17) is 4.74 Å². The van der Waals surface area contributed by atoms with Crippen molar-refractivity contribution < 1.29 is 14.6 Å². The molecular formula is C19H25NO3. The monoisotopic (exact) mass is 315 g/mol. The summed E-state index contributed by atoms with van der Waals surface area (Å²) < 4.78 is 5.52. The molecule has 1 N–H and O–H groups in total. The van der Waals surface area contributed by atoms with Crippen LogP contribution >= 0.6 is 0 Å². The number of nitrogens with zero attached hydrogens (tertiary/aromatic N) is 1. The molecule has 0 amide bonds.